The maximum Gasteiger partial charge on any atom is 0.349 e. The van der Waals surface area contributed by atoms with Crippen molar-refractivity contribution in [2.75, 3.05) is 5.32 Å². The molecular weight excluding hydrogens is 336 g/mol. The molecule has 0 saturated heterocycles. The van der Waals surface area contributed by atoms with E-state index in [0.29, 0.717) is 10.6 Å². The second kappa shape index (κ2) is 6.68. The number of halogens is 1. The van der Waals surface area contributed by atoms with Crippen LogP contribution < -0.4 is 5.32 Å². The number of amides is 1. The number of carbonyl (C=O) groups excluding carboxylic acids is 2. The van der Waals surface area contributed by atoms with E-state index in [9.17, 15) is 9.59 Å². The van der Waals surface area contributed by atoms with Crippen molar-refractivity contribution in [1.29, 1.82) is 0 Å². The number of hydrogen-bond acceptors (Lipinski definition) is 5. The Hall–Kier alpha value is -1.92. The molecular formula is C16H15ClN2O3S. The van der Waals surface area contributed by atoms with Crippen LogP contribution in [0.15, 0.2) is 24.4 Å². The molecule has 0 fully saturated rings. The first kappa shape index (κ1) is 16.0. The molecule has 2 heterocycles. The Labute approximate surface area is 142 Å². The second-order valence-corrected chi connectivity index (χ2v) is 6.79. The zero-order valence-corrected chi connectivity index (χ0v) is 14.0. The first-order chi connectivity index (χ1) is 11.0. The summed E-state index contributed by atoms with van der Waals surface area (Å²) in [4.78, 5) is 29.9. The summed E-state index contributed by atoms with van der Waals surface area (Å²) >= 11 is 7.34. The lowest BCUT2D eigenvalue weighted by molar-refractivity contribution is -0.123. The molecule has 0 saturated carbocycles. The van der Waals surface area contributed by atoms with E-state index in [0.717, 1.165) is 19.3 Å². The number of thiophene rings is 1. The first-order valence-electron chi connectivity index (χ1n) is 7.28. The van der Waals surface area contributed by atoms with Gasteiger partial charge in [-0.1, -0.05) is 11.6 Å². The largest absolute Gasteiger partial charge is 0.448 e. The topological polar surface area (TPSA) is 68.3 Å². The van der Waals surface area contributed by atoms with E-state index in [1.807, 2.05) is 6.07 Å². The van der Waals surface area contributed by atoms with Gasteiger partial charge in [-0.15, -0.1) is 11.3 Å². The number of pyridine rings is 1. The van der Waals surface area contributed by atoms with E-state index in [1.54, 1.807) is 12.1 Å². The summed E-state index contributed by atoms with van der Waals surface area (Å²) in [5.41, 5.74) is 1.61. The quantitative estimate of drug-likeness (QED) is 0.677. The third-order valence-corrected chi connectivity index (χ3v) is 5.14. The summed E-state index contributed by atoms with van der Waals surface area (Å²) in [6.45, 7) is 1.53. The van der Waals surface area contributed by atoms with Gasteiger partial charge in [0.2, 0.25) is 0 Å². The molecule has 3 rings (SSSR count). The predicted octanol–water partition coefficient (Wildman–Crippen LogP) is 3.47. The molecule has 2 aromatic heterocycles. The van der Waals surface area contributed by atoms with Crippen LogP contribution in [-0.2, 0) is 22.4 Å². The maximum absolute atomic E-state index is 12.2. The highest BCUT2D eigenvalue weighted by molar-refractivity contribution is 7.14. The predicted molar refractivity (Wildman–Crippen MR) is 89.1 cm³/mol. The Balaban J connectivity index is 1.61. The SMILES string of the molecule is C[C@H](OC(=O)c1cc2c(s1)CCC2)C(=O)Nc1cccnc1Cl. The molecule has 23 heavy (non-hydrogen) atoms. The second-order valence-electron chi connectivity index (χ2n) is 5.29. The monoisotopic (exact) mass is 350 g/mol. The number of ether oxygens (including phenoxy) is 1. The van der Waals surface area contributed by atoms with Gasteiger partial charge in [-0.2, -0.15) is 0 Å². The number of aromatic nitrogens is 1. The lowest BCUT2D eigenvalue weighted by Gasteiger charge is -2.13. The fourth-order valence-electron chi connectivity index (χ4n) is 2.42. The van der Waals surface area contributed by atoms with Crippen molar-refractivity contribution in [2.45, 2.75) is 32.3 Å². The van der Waals surface area contributed by atoms with Gasteiger partial charge < -0.3 is 10.1 Å². The minimum absolute atomic E-state index is 0.189. The highest BCUT2D eigenvalue weighted by atomic mass is 35.5. The van der Waals surface area contributed by atoms with Gasteiger partial charge >= 0.3 is 5.97 Å². The Bertz CT molecular complexity index is 738. The van der Waals surface area contributed by atoms with Gasteiger partial charge in [-0.05, 0) is 49.9 Å². The fourth-order valence-corrected chi connectivity index (χ4v) is 3.72. The van der Waals surface area contributed by atoms with Crippen molar-refractivity contribution in [1.82, 2.24) is 4.98 Å². The molecule has 0 aromatic carbocycles. The van der Waals surface area contributed by atoms with Crippen molar-refractivity contribution < 1.29 is 14.3 Å². The molecule has 1 N–H and O–H groups in total. The van der Waals surface area contributed by atoms with Crippen LogP contribution in [0, 0.1) is 0 Å². The number of fused-ring (bicyclic) bond motifs is 1. The number of rotatable bonds is 4. The Kier molecular flexibility index (Phi) is 4.63. The molecule has 0 aliphatic heterocycles. The summed E-state index contributed by atoms with van der Waals surface area (Å²) in [5.74, 6) is -0.915. The van der Waals surface area contributed by atoms with Crippen LogP contribution in [0.3, 0.4) is 0 Å². The normalized spacial score (nSPS) is 14.2. The van der Waals surface area contributed by atoms with E-state index in [-0.39, 0.29) is 5.15 Å². The van der Waals surface area contributed by atoms with Crippen LogP contribution in [0.1, 0.15) is 33.5 Å². The van der Waals surface area contributed by atoms with Gasteiger partial charge in [0.05, 0.1) is 5.69 Å². The average molecular weight is 351 g/mol. The molecule has 1 aliphatic rings. The van der Waals surface area contributed by atoms with E-state index < -0.39 is 18.0 Å². The van der Waals surface area contributed by atoms with E-state index in [1.165, 1.54) is 34.9 Å². The van der Waals surface area contributed by atoms with Crippen molar-refractivity contribution in [3.05, 3.63) is 44.9 Å². The zero-order valence-electron chi connectivity index (χ0n) is 12.5. The summed E-state index contributed by atoms with van der Waals surface area (Å²) < 4.78 is 5.24. The molecule has 120 valence electrons. The molecule has 1 aliphatic carbocycles. The van der Waals surface area contributed by atoms with Gasteiger partial charge in [0.1, 0.15) is 4.88 Å². The number of nitrogens with one attached hydrogen (secondary N) is 1. The molecule has 0 unspecified atom stereocenters. The van der Waals surface area contributed by atoms with Crippen LogP contribution in [0.5, 0.6) is 0 Å². The summed E-state index contributed by atoms with van der Waals surface area (Å²) in [7, 11) is 0. The van der Waals surface area contributed by atoms with Gasteiger partial charge in [-0.3, -0.25) is 4.79 Å². The van der Waals surface area contributed by atoms with Crippen LogP contribution in [-0.4, -0.2) is 23.0 Å². The standard InChI is InChI=1S/C16H15ClN2O3S/c1-9(15(20)19-11-5-3-7-18-14(11)17)22-16(21)13-8-10-4-2-6-12(10)23-13/h3,5,7-9H,2,4,6H2,1H3,(H,19,20)/t9-/m0/s1. The highest BCUT2D eigenvalue weighted by Crippen LogP contribution is 2.31. The molecule has 1 amide bonds. The molecule has 1 atom stereocenters. The van der Waals surface area contributed by atoms with E-state index in [4.69, 9.17) is 16.3 Å². The van der Waals surface area contributed by atoms with Gasteiger partial charge in [0, 0.05) is 11.1 Å². The smallest absolute Gasteiger partial charge is 0.349 e. The first-order valence-corrected chi connectivity index (χ1v) is 8.48. The number of esters is 1. The Morgan fingerprint density at radius 1 is 1.43 bits per heavy atom. The third-order valence-electron chi connectivity index (χ3n) is 3.62. The molecule has 0 spiro atoms. The number of hydrogen-bond donors (Lipinski definition) is 1. The van der Waals surface area contributed by atoms with Gasteiger partial charge in [-0.25, -0.2) is 9.78 Å². The highest BCUT2D eigenvalue weighted by Gasteiger charge is 2.23. The molecule has 0 radical (unpaired) electrons. The van der Waals surface area contributed by atoms with Crippen LogP contribution in [0.4, 0.5) is 5.69 Å². The number of anilines is 1. The van der Waals surface area contributed by atoms with Crippen LogP contribution in [0.2, 0.25) is 5.15 Å². The maximum atomic E-state index is 12.2. The third kappa shape index (κ3) is 3.54. The van der Waals surface area contributed by atoms with Crippen molar-refractivity contribution >= 4 is 40.5 Å². The lowest BCUT2D eigenvalue weighted by atomic mass is 10.2. The molecule has 7 heteroatoms. The minimum atomic E-state index is -0.921. The molecule has 5 nitrogen and oxygen atoms in total. The lowest BCUT2D eigenvalue weighted by Crippen LogP contribution is -2.30. The van der Waals surface area contributed by atoms with Gasteiger partial charge in [0.25, 0.3) is 5.91 Å². The number of carbonyl (C=O) groups is 2. The van der Waals surface area contributed by atoms with E-state index in [2.05, 4.69) is 10.3 Å². The van der Waals surface area contributed by atoms with Gasteiger partial charge in [0.15, 0.2) is 11.3 Å². The van der Waals surface area contributed by atoms with Crippen molar-refractivity contribution in [2.24, 2.45) is 0 Å². The molecule has 0 bridgehead atoms. The Morgan fingerprint density at radius 3 is 3.00 bits per heavy atom. The van der Waals surface area contributed by atoms with Crippen LogP contribution in [0.25, 0.3) is 0 Å². The number of nitrogens with zero attached hydrogens (tertiary/aromatic N) is 1. The zero-order chi connectivity index (χ0) is 16.4. The minimum Gasteiger partial charge on any atom is -0.448 e. The fraction of sp³-hybridized carbons (Fsp3) is 0.312. The summed E-state index contributed by atoms with van der Waals surface area (Å²) in [5, 5.41) is 2.79. The number of aryl methyl sites for hydroxylation is 2. The van der Waals surface area contributed by atoms with Crippen molar-refractivity contribution in [3.63, 3.8) is 0 Å². The average Bonchev–Trinajstić information content (AvgIpc) is 3.10. The van der Waals surface area contributed by atoms with Crippen LogP contribution >= 0.6 is 22.9 Å². The summed E-state index contributed by atoms with van der Waals surface area (Å²) in [6.07, 6.45) is 3.77. The summed E-state index contributed by atoms with van der Waals surface area (Å²) in [6, 6.07) is 5.16. The van der Waals surface area contributed by atoms with E-state index >= 15 is 0 Å². The Morgan fingerprint density at radius 2 is 2.26 bits per heavy atom. The molecule has 2 aromatic rings. The van der Waals surface area contributed by atoms with Crippen molar-refractivity contribution in [3.8, 4) is 0 Å².